The van der Waals surface area contributed by atoms with Crippen LogP contribution in [-0.2, 0) is 23.7 Å². The summed E-state index contributed by atoms with van der Waals surface area (Å²) in [5.74, 6) is 0.647. The second kappa shape index (κ2) is 22.1. The fraction of sp³-hybridized carbons (Fsp3) is 0.571. The zero-order valence-corrected chi connectivity index (χ0v) is 24.6. The highest BCUT2D eigenvalue weighted by Crippen LogP contribution is 2.25. The molecule has 0 saturated heterocycles. The molecule has 0 amide bonds. The number of methoxy groups -OCH3 is 1. The lowest BCUT2D eigenvalue weighted by molar-refractivity contribution is -0.0124. The average Bonchev–Trinajstić information content (AvgIpc) is 2.98. The predicted octanol–water partition coefficient (Wildman–Crippen LogP) is 2.26. The van der Waals surface area contributed by atoms with Gasteiger partial charge >= 0.3 is 12.0 Å². The first-order valence-electron chi connectivity index (χ1n) is 13.6. The topological polar surface area (TPSA) is 174 Å². The lowest BCUT2D eigenvalue weighted by Gasteiger charge is -2.11. The van der Waals surface area contributed by atoms with Crippen LogP contribution in [0.4, 0.5) is 11.6 Å². The molecular weight excluding hydrogens is 548 g/mol. The molecule has 0 unspecified atom stereocenters. The van der Waals surface area contributed by atoms with Crippen molar-refractivity contribution in [3.63, 3.8) is 0 Å². The summed E-state index contributed by atoms with van der Waals surface area (Å²) >= 11 is 0. The third-order valence-electron chi connectivity index (χ3n) is 5.07. The van der Waals surface area contributed by atoms with Gasteiger partial charge in [0.2, 0.25) is 5.95 Å². The first-order chi connectivity index (χ1) is 20.5. The van der Waals surface area contributed by atoms with E-state index in [2.05, 4.69) is 26.3 Å². The Morgan fingerprint density at radius 1 is 0.810 bits per heavy atom. The fourth-order valence-electron chi connectivity index (χ4n) is 3.05. The molecule has 3 N–H and O–H groups in total. The van der Waals surface area contributed by atoms with E-state index in [9.17, 15) is 5.26 Å². The van der Waals surface area contributed by atoms with Crippen molar-refractivity contribution in [2.45, 2.75) is 13.8 Å². The number of ether oxygens (including phenoxy) is 8. The van der Waals surface area contributed by atoms with Gasteiger partial charge in [0.1, 0.15) is 25.0 Å². The van der Waals surface area contributed by atoms with E-state index in [-0.39, 0.29) is 24.6 Å². The summed E-state index contributed by atoms with van der Waals surface area (Å²) < 4.78 is 43.6. The summed E-state index contributed by atoms with van der Waals surface area (Å²) in [6.07, 6.45) is 1.93. The molecular formula is C28H42N6O8. The highest BCUT2D eigenvalue weighted by molar-refractivity contribution is 5.60. The molecule has 232 valence electrons. The number of benzene rings is 1. The minimum Gasteiger partial charge on any atom is -0.488 e. The maximum Gasteiger partial charge on any atom is 0.324 e. The van der Waals surface area contributed by atoms with Crippen LogP contribution in [0.2, 0.25) is 0 Å². The molecule has 0 saturated carbocycles. The normalized spacial score (nSPS) is 10.6. The molecule has 1 aromatic heterocycles. The van der Waals surface area contributed by atoms with Gasteiger partial charge in [-0.2, -0.15) is 15.2 Å². The molecule has 42 heavy (non-hydrogen) atoms. The number of nitrogens with two attached hydrogens (primary N) is 1. The number of nitriles is 1. The minimum atomic E-state index is 0.0714. The van der Waals surface area contributed by atoms with Crippen molar-refractivity contribution in [2.24, 2.45) is 5.73 Å². The zero-order chi connectivity index (χ0) is 30.3. The number of hydrogen-bond donors (Lipinski definition) is 2. The van der Waals surface area contributed by atoms with Gasteiger partial charge < -0.3 is 48.9 Å². The SMILES string of the molecule is COc1nc(Nc2ccc(C#N)c(OCC=C(C)C)c2)nc(OCCOCCOCCOCCOCCOCCN)n1. The van der Waals surface area contributed by atoms with Crippen LogP contribution >= 0.6 is 0 Å². The van der Waals surface area contributed by atoms with Crippen molar-refractivity contribution in [3.8, 4) is 23.8 Å². The van der Waals surface area contributed by atoms with Crippen molar-refractivity contribution in [1.82, 2.24) is 15.0 Å². The van der Waals surface area contributed by atoms with E-state index in [1.807, 2.05) is 19.9 Å². The summed E-state index contributed by atoms with van der Waals surface area (Å²) in [6.45, 7) is 9.68. The molecule has 0 radical (unpaired) electrons. The van der Waals surface area contributed by atoms with E-state index in [1.54, 1.807) is 18.2 Å². The van der Waals surface area contributed by atoms with Crippen LogP contribution in [0.25, 0.3) is 0 Å². The van der Waals surface area contributed by atoms with Gasteiger partial charge in [-0.1, -0.05) is 5.57 Å². The molecule has 0 aliphatic rings. The molecule has 1 aromatic carbocycles. The third kappa shape index (κ3) is 15.4. The predicted molar refractivity (Wildman–Crippen MR) is 154 cm³/mol. The number of allylic oxidation sites excluding steroid dienone is 1. The second-order valence-electron chi connectivity index (χ2n) is 8.67. The van der Waals surface area contributed by atoms with E-state index in [4.69, 9.17) is 43.6 Å². The van der Waals surface area contributed by atoms with E-state index >= 15 is 0 Å². The second-order valence-corrected chi connectivity index (χ2v) is 8.67. The van der Waals surface area contributed by atoms with E-state index in [1.165, 1.54) is 7.11 Å². The maximum atomic E-state index is 9.39. The monoisotopic (exact) mass is 590 g/mol. The third-order valence-corrected chi connectivity index (χ3v) is 5.07. The number of rotatable bonds is 24. The smallest absolute Gasteiger partial charge is 0.324 e. The minimum absolute atomic E-state index is 0.0714. The van der Waals surface area contributed by atoms with Crippen molar-refractivity contribution < 1.29 is 37.9 Å². The van der Waals surface area contributed by atoms with E-state index in [0.717, 1.165) is 5.57 Å². The molecule has 0 bridgehead atoms. The van der Waals surface area contributed by atoms with Gasteiger partial charge in [-0.25, -0.2) is 0 Å². The lowest BCUT2D eigenvalue weighted by atomic mass is 10.2. The quantitative estimate of drug-likeness (QED) is 0.134. The average molecular weight is 591 g/mol. The largest absolute Gasteiger partial charge is 0.488 e. The van der Waals surface area contributed by atoms with E-state index < -0.39 is 0 Å². The Kier molecular flexibility index (Phi) is 18.2. The van der Waals surface area contributed by atoms with Gasteiger partial charge in [-0.3, -0.25) is 0 Å². The Morgan fingerprint density at radius 2 is 1.38 bits per heavy atom. The number of nitrogens with one attached hydrogen (secondary N) is 1. The molecule has 0 aliphatic heterocycles. The van der Waals surface area contributed by atoms with Crippen LogP contribution in [0.5, 0.6) is 17.8 Å². The summed E-state index contributed by atoms with van der Waals surface area (Å²) in [7, 11) is 1.45. The molecule has 2 aromatic rings. The molecule has 0 spiro atoms. The Morgan fingerprint density at radius 3 is 1.93 bits per heavy atom. The molecule has 0 atom stereocenters. The number of hydrogen-bond acceptors (Lipinski definition) is 14. The van der Waals surface area contributed by atoms with Gasteiger partial charge in [0.25, 0.3) is 0 Å². The molecule has 14 nitrogen and oxygen atoms in total. The summed E-state index contributed by atoms with van der Waals surface area (Å²) in [6, 6.07) is 7.36. The Labute approximate surface area is 247 Å². The maximum absolute atomic E-state index is 9.39. The molecule has 1 heterocycles. The van der Waals surface area contributed by atoms with Gasteiger partial charge in [0.05, 0.1) is 78.7 Å². The van der Waals surface area contributed by atoms with Gasteiger partial charge in [-0.05, 0) is 32.1 Å². The van der Waals surface area contributed by atoms with Crippen molar-refractivity contribution in [1.29, 1.82) is 5.26 Å². The Balaban J connectivity index is 1.65. The lowest BCUT2D eigenvalue weighted by Crippen LogP contribution is -2.15. The van der Waals surface area contributed by atoms with Gasteiger partial charge in [0.15, 0.2) is 0 Å². The van der Waals surface area contributed by atoms with E-state index in [0.29, 0.717) is 96.2 Å². The Hall–Kier alpha value is -3.58. The fourth-order valence-corrected chi connectivity index (χ4v) is 3.05. The standard InChI is InChI=1S/C28H42N6O8/c1-22(2)6-8-41-25-20-24(5-4-23(25)21-30)31-26-32-27(35-3)34-28(33-26)42-19-18-40-17-16-39-15-14-38-13-12-37-11-10-36-9-7-29/h4-6,20H,7-19,29H2,1-3H3,(H,31,32,33,34). The first-order valence-corrected chi connectivity index (χ1v) is 13.6. The highest BCUT2D eigenvalue weighted by Gasteiger charge is 2.11. The zero-order valence-electron chi connectivity index (χ0n) is 24.6. The molecule has 14 heteroatoms. The van der Waals surface area contributed by atoms with Crippen molar-refractivity contribution in [2.75, 3.05) is 98.3 Å². The van der Waals surface area contributed by atoms with Crippen molar-refractivity contribution >= 4 is 11.6 Å². The summed E-state index contributed by atoms with van der Waals surface area (Å²) in [5, 5.41) is 12.5. The molecule has 0 aliphatic carbocycles. The van der Waals surface area contributed by atoms with Crippen LogP contribution in [0.3, 0.4) is 0 Å². The molecule has 0 fully saturated rings. The van der Waals surface area contributed by atoms with Gasteiger partial charge in [0, 0.05) is 18.3 Å². The highest BCUT2D eigenvalue weighted by atomic mass is 16.6. The summed E-state index contributed by atoms with van der Waals surface area (Å²) in [4.78, 5) is 12.6. The van der Waals surface area contributed by atoms with Gasteiger partial charge in [-0.15, -0.1) is 4.98 Å². The summed E-state index contributed by atoms with van der Waals surface area (Å²) in [5.41, 5.74) is 7.49. The van der Waals surface area contributed by atoms with Crippen LogP contribution < -0.4 is 25.3 Å². The van der Waals surface area contributed by atoms with Crippen LogP contribution in [-0.4, -0.2) is 108 Å². The first kappa shape index (κ1) is 34.6. The number of aromatic nitrogens is 3. The van der Waals surface area contributed by atoms with Crippen LogP contribution in [0.15, 0.2) is 29.8 Å². The molecule has 2 rings (SSSR count). The van der Waals surface area contributed by atoms with Crippen molar-refractivity contribution in [3.05, 3.63) is 35.4 Å². The van der Waals surface area contributed by atoms with Crippen LogP contribution in [0.1, 0.15) is 19.4 Å². The number of nitrogens with zero attached hydrogens (tertiary/aromatic N) is 4. The van der Waals surface area contributed by atoms with Crippen LogP contribution in [0, 0.1) is 11.3 Å². The number of anilines is 2. The Bertz CT molecular complexity index is 1090.